The van der Waals surface area contributed by atoms with Crippen LogP contribution in [0, 0.1) is 0 Å². The van der Waals surface area contributed by atoms with Crippen LogP contribution in [0.15, 0.2) is 48.5 Å². The van der Waals surface area contributed by atoms with Crippen molar-refractivity contribution in [2.45, 2.75) is 78.4 Å². The minimum atomic E-state index is -0.499. The molecule has 0 radical (unpaired) electrons. The Morgan fingerprint density at radius 1 is 0.906 bits per heavy atom. The zero-order valence-electron chi connectivity index (χ0n) is 20.2. The minimum absolute atomic E-state index is 0.00784. The van der Waals surface area contributed by atoms with Crippen LogP contribution in [0.3, 0.4) is 0 Å². The third-order valence-electron chi connectivity index (χ3n) is 5.96. The topological polar surface area (TPSA) is 58.6 Å². The Morgan fingerprint density at radius 2 is 1.50 bits per heavy atom. The van der Waals surface area contributed by atoms with Crippen molar-refractivity contribution >= 4 is 11.8 Å². The van der Waals surface area contributed by atoms with Crippen molar-refractivity contribution in [3.05, 3.63) is 65.2 Å². The molecule has 0 heterocycles. The molecule has 2 atom stereocenters. The lowest BCUT2D eigenvalue weighted by atomic mass is 10.0. The predicted octanol–water partition coefficient (Wildman–Crippen LogP) is 4.91. The maximum atomic E-state index is 13.3. The van der Waals surface area contributed by atoms with Gasteiger partial charge in [0, 0.05) is 19.0 Å². The predicted molar refractivity (Wildman–Crippen MR) is 130 cm³/mol. The number of methoxy groups -OCH3 is 1. The number of hydrogen-bond acceptors (Lipinski definition) is 3. The van der Waals surface area contributed by atoms with E-state index in [0.717, 1.165) is 29.7 Å². The number of aryl methyl sites for hydroxylation is 2. The van der Waals surface area contributed by atoms with Crippen LogP contribution in [-0.2, 0) is 29.0 Å². The molecule has 5 nitrogen and oxygen atoms in total. The van der Waals surface area contributed by atoms with Crippen LogP contribution >= 0.6 is 0 Å². The highest BCUT2D eigenvalue weighted by Crippen LogP contribution is 2.18. The Balaban J connectivity index is 2.19. The van der Waals surface area contributed by atoms with E-state index in [1.54, 1.807) is 12.0 Å². The van der Waals surface area contributed by atoms with Crippen molar-refractivity contribution in [1.82, 2.24) is 10.2 Å². The monoisotopic (exact) mass is 438 g/mol. The second-order valence-electron chi connectivity index (χ2n) is 8.28. The van der Waals surface area contributed by atoms with E-state index in [1.807, 2.05) is 45.0 Å². The highest BCUT2D eigenvalue weighted by atomic mass is 16.5. The zero-order chi connectivity index (χ0) is 23.5. The van der Waals surface area contributed by atoms with Gasteiger partial charge in [0.1, 0.15) is 11.8 Å². The van der Waals surface area contributed by atoms with Gasteiger partial charge in [-0.3, -0.25) is 9.59 Å². The molecule has 0 aliphatic heterocycles. The first-order valence-electron chi connectivity index (χ1n) is 11.7. The van der Waals surface area contributed by atoms with Gasteiger partial charge in [-0.1, -0.05) is 57.2 Å². The average molecular weight is 439 g/mol. The fourth-order valence-electron chi connectivity index (χ4n) is 3.62. The summed E-state index contributed by atoms with van der Waals surface area (Å²) < 4.78 is 5.24. The van der Waals surface area contributed by atoms with Crippen molar-refractivity contribution in [2.24, 2.45) is 0 Å². The largest absolute Gasteiger partial charge is 0.497 e. The maximum Gasteiger partial charge on any atom is 0.243 e. The molecule has 0 aromatic heterocycles. The van der Waals surface area contributed by atoms with E-state index in [1.165, 1.54) is 5.56 Å². The smallest absolute Gasteiger partial charge is 0.243 e. The van der Waals surface area contributed by atoms with E-state index in [-0.39, 0.29) is 17.9 Å². The lowest BCUT2D eigenvalue weighted by molar-refractivity contribution is -0.141. The van der Waals surface area contributed by atoms with Gasteiger partial charge in [0.15, 0.2) is 0 Å². The molecule has 2 aromatic carbocycles. The van der Waals surface area contributed by atoms with Crippen LogP contribution in [-0.4, -0.2) is 35.9 Å². The third-order valence-corrected chi connectivity index (χ3v) is 5.96. The van der Waals surface area contributed by atoms with E-state index in [9.17, 15) is 9.59 Å². The van der Waals surface area contributed by atoms with Crippen LogP contribution in [0.25, 0.3) is 0 Å². The molecule has 2 rings (SSSR count). The molecule has 2 aromatic rings. The van der Waals surface area contributed by atoms with Gasteiger partial charge in [0.05, 0.1) is 7.11 Å². The Bertz CT molecular complexity index is 846. The van der Waals surface area contributed by atoms with E-state index in [4.69, 9.17) is 4.74 Å². The fraction of sp³-hybridized carbons (Fsp3) is 0.481. The summed E-state index contributed by atoms with van der Waals surface area (Å²) in [7, 11) is 1.63. The normalized spacial score (nSPS) is 12.7. The molecule has 2 amide bonds. The van der Waals surface area contributed by atoms with Gasteiger partial charge in [-0.15, -0.1) is 0 Å². The molecular weight excluding hydrogens is 400 g/mol. The van der Waals surface area contributed by atoms with Gasteiger partial charge in [-0.2, -0.15) is 0 Å². The summed E-state index contributed by atoms with van der Waals surface area (Å²) in [6, 6.07) is 15.6. The van der Waals surface area contributed by atoms with Gasteiger partial charge in [0.25, 0.3) is 0 Å². The molecule has 174 valence electrons. The summed E-state index contributed by atoms with van der Waals surface area (Å²) in [4.78, 5) is 28.1. The summed E-state index contributed by atoms with van der Waals surface area (Å²) in [5.41, 5.74) is 3.40. The number of ether oxygens (including phenoxy) is 1. The zero-order valence-corrected chi connectivity index (χ0v) is 20.2. The molecule has 0 unspecified atom stereocenters. The Morgan fingerprint density at radius 3 is 2.03 bits per heavy atom. The van der Waals surface area contributed by atoms with Crippen LogP contribution in [0.1, 0.15) is 63.6 Å². The third kappa shape index (κ3) is 7.40. The van der Waals surface area contributed by atoms with E-state index >= 15 is 0 Å². The highest BCUT2D eigenvalue weighted by Gasteiger charge is 2.29. The van der Waals surface area contributed by atoms with E-state index in [2.05, 4.69) is 36.5 Å². The number of rotatable bonds is 12. The fourth-order valence-corrected chi connectivity index (χ4v) is 3.62. The van der Waals surface area contributed by atoms with E-state index in [0.29, 0.717) is 25.8 Å². The number of nitrogens with one attached hydrogen (secondary N) is 1. The first-order chi connectivity index (χ1) is 15.4. The lowest BCUT2D eigenvalue weighted by Gasteiger charge is -2.31. The highest BCUT2D eigenvalue weighted by molar-refractivity contribution is 5.87. The molecule has 0 bridgehead atoms. The van der Waals surface area contributed by atoms with Crippen molar-refractivity contribution in [3.63, 3.8) is 0 Å². The summed E-state index contributed by atoms with van der Waals surface area (Å²) in [6.07, 6.45) is 3.44. The Kier molecular flexibility index (Phi) is 10.3. The second kappa shape index (κ2) is 12.9. The summed E-state index contributed by atoms with van der Waals surface area (Å²) >= 11 is 0. The van der Waals surface area contributed by atoms with Crippen LogP contribution in [0.4, 0.5) is 0 Å². The first kappa shape index (κ1) is 25.4. The molecule has 1 N–H and O–H groups in total. The molecule has 0 aliphatic rings. The summed E-state index contributed by atoms with van der Waals surface area (Å²) in [6.45, 7) is 8.50. The maximum absolute atomic E-state index is 13.3. The quantitative estimate of drug-likeness (QED) is 0.512. The number of carbonyl (C=O) groups is 2. The molecule has 32 heavy (non-hydrogen) atoms. The Hall–Kier alpha value is -2.82. The number of amides is 2. The van der Waals surface area contributed by atoms with Crippen LogP contribution in [0.5, 0.6) is 5.75 Å². The standard InChI is InChI=1S/C27H38N2O3/c1-6-20(4)28-27(31)25(8-3)29(19-23-13-16-24(32-5)17-14-23)26(30)18-15-22-11-9-21(7-2)10-12-22/h9-14,16-17,20,25H,6-8,15,18-19H2,1-5H3,(H,28,31)/t20-,25-/m0/s1. The van der Waals surface area contributed by atoms with Crippen LogP contribution in [0.2, 0.25) is 0 Å². The van der Waals surface area contributed by atoms with Crippen LogP contribution < -0.4 is 10.1 Å². The van der Waals surface area contributed by atoms with Gasteiger partial charge in [-0.25, -0.2) is 0 Å². The number of benzene rings is 2. The van der Waals surface area contributed by atoms with Crippen molar-refractivity contribution in [1.29, 1.82) is 0 Å². The van der Waals surface area contributed by atoms with Gasteiger partial charge < -0.3 is 15.0 Å². The number of nitrogens with zero attached hydrogens (tertiary/aromatic N) is 1. The van der Waals surface area contributed by atoms with Gasteiger partial charge >= 0.3 is 0 Å². The molecule has 0 spiro atoms. The Labute approximate surface area is 193 Å². The lowest BCUT2D eigenvalue weighted by Crippen LogP contribution is -2.50. The van der Waals surface area contributed by atoms with Gasteiger partial charge in [0.2, 0.25) is 11.8 Å². The van der Waals surface area contributed by atoms with E-state index < -0.39 is 6.04 Å². The molecule has 0 aliphatic carbocycles. The molecule has 0 saturated carbocycles. The van der Waals surface area contributed by atoms with Crippen molar-refractivity contribution in [3.8, 4) is 5.75 Å². The number of hydrogen-bond donors (Lipinski definition) is 1. The summed E-state index contributed by atoms with van der Waals surface area (Å²) in [5, 5.41) is 3.05. The molecule has 0 saturated heterocycles. The van der Waals surface area contributed by atoms with Crippen molar-refractivity contribution in [2.75, 3.05) is 7.11 Å². The molecule has 0 fully saturated rings. The SMILES string of the molecule is CCc1ccc(CCC(=O)N(Cc2ccc(OC)cc2)[C@@H](CC)C(=O)N[C@@H](C)CC)cc1. The first-order valence-corrected chi connectivity index (χ1v) is 11.7. The van der Waals surface area contributed by atoms with Gasteiger partial charge in [-0.05, 0) is 61.4 Å². The minimum Gasteiger partial charge on any atom is -0.497 e. The molecule has 5 heteroatoms. The average Bonchev–Trinajstić information content (AvgIpc) is 2.82. The number of carbonyl (C=O) groups excluding carboxylic acids is 2. The molecular formula is C27H38N2O3. The second-order valence-corrected chi connectivity index (χ2v) is 8.28. The van der Waals surface area contributed by atoms with Crippen molar-refractivity contribution < 1.29 is 14.3 Å². The summed E-state index contributed by atoms with van der Waals surface area (Å²) in [5.74, 6) is 0.672.